The van der Waals surface area contributed by atoms with E-state index in [0.717, 1.165) is 35.7 Å². The van der Waals surface area contributed by atoms with E-state index in [1.807, 2.05) is 41.2 Å². The van der Waals surface area contributed by atoms with Crippen LogP contribution >= 0.6 is 35.6 Å². The molecule has 0 aliphatic carbocycles. The minimum absolute atomic E-state index is 0. The molecule has 0 spiro atoms. The van der Waals surface area contributed by atoms with Gasteiger partial charge < -0.3 is 10.6 Å². The Balaban J connectivity index is 0.00000261. The molecule has 0 radical (unpaired) electrons. The van der Waals surface area contributed by atoms with Crippen LogP contribution in [0.2, 0.25) is 5.15 Å². The van der Waals surface area contributed by atoms with E-state index in [1.165, 1.54) is 0 Å². The largest absolute Gasteiger partial charge is 0.356 e. The van der Waals surface area contributed by atoms with Crippen LogP contribution in [0.4, 0.5) is 0 Å². The molecule has 0 saturated carbocycles. The molecule has 27 heavy (non-hydrogen) atoms. The maximum absolute atomic E-state index is 5.81. The van der Waals surface area contributed by atoms with Crippen LogP contribution in [0.5, 0.6) is 0 Å². The lowest BCUT2D eigenvalue weighted by atomic mass is 10.2. The van der Waals surface area contributed by atoms with Crippen molar-refractivity contribution in [3.63, 3.8) is 0 Å². The van der Waals surface area contributed by atoms with Crippen LogP contribution in [0.3, 0.4) is 0 Å². The summed E-state index contributed by atoms with van der Waals surface area (Å²) in [6.07, 6.45) is 6.34. The molecule has 0 atom stereocenters. The molecule has 3 aromatic rings. The van der Waals surface area contributed by atoms with Gasteiger partial charge in [0.25, 0.3) is 0 Å². The summed E-state index contributed by atoms with van der Waals surface area (Å²) in [4.78, 5) is 8.37. The van der Waals surface area contributed by atoms with E-state index < -0.39 is 0 Å². The third-order valence-electron chi connectivity index (χ3n) is 3.91. The van der Waals surface area contributed by atoms with Crippen LogP contribution < -0.4 is 10.6 Å². The Hall–Kier alpha value is -2.13. The lowest BCUT2D eigenvalue weighted by Gasteiger charge is -2.14. The van der Waals surface area contributed by atoms with Crippen LogP contribution in [-0.2, 0) is 13.0 Å². The van der Waals surface area contributed by atoms with E-state index in [-0.39, 0.29) is 24.0 Å². The summed E-state index contributed by atoms with van der Waals surface area (Å²) in [5.41, 5.74) is 3.31. The molecule has 142 valence electrons. The Morgan fingerprint density at radius 2 is 2.00 bits per heavy atom. The SMILES string of the molecule is CN=C(NCCc1ccc(Cl)nc1)NCc1ccccc1-n1cccn1.I. The van der Waals surface area contributed by atoms with Crippen LogP contribution in [0.15, 0.2) is 66.0 Å². The van der Waals surface area contributed by atoms with E-state index in [9.17, 15) is 0 Å². The van der Waals surface area contributed by atoms with Gasteiger partial charge in [-0.15, -0.1) is 24.0 Å². The standard InChI is InChI=1S/C19H21ClN6.HI/c1-21-19(22-11-9-15-7-8-18(20)23-13-15)24-14-16-5-2-3-6-17(16)26-12-4-10-25-26;/h2-8,10,12-13H,9,11,14H2,1H3,(H2,21,22,24);1H. The number of rotatable bonds is 6. The van der Waals surface area contributed by atoms with Crippen LogP contribution in [0.25, 0.3) is 5.69 Å². The fraction of sp³-hybridized carbons (Fsp3) is 0.211. The number of hydrogen-bond acceptors (Lipinski definition) is 3. The molecule has 0 aliphatic heterocycles. The lowest BCUT2D eigenvalue weighted by Crippen LogP contribution is -2.38. The molecule has 0 bridgehead atoms. The minimum atomic E-state index is 0. The molecule has 1 aromatic carbocycles. The first-order chi connectivity index (χ1) is 12.8. The highest BCUT2D eigenvalue weighted by atomic mass is 127. The second-order valence-corrected chi connectivity index (χ2v) is 6.06. The predicted octanol–water partition coefficient (Wildman–Crippen LogP) is 3.45. The molecule has 2 aromatic heterocycles. The molecule has 0 aliphatic rings. The van der Waals surface area contributed by atoms with E-state index in [4.69, 9.17) is 11.6 Å². The van der Waals surface area contributed by atoms with Gasteiger partial charge in [-0.25, -0.2) is 9.67 Å². The van der Waals surface area contributed by atoms with Gasteiger partial charge in [-0.3, -0.25) is 4.99 Å². The second-order valence-electron chi connectivity index (χ2n) is 5.67. The molecular weight excluding hydrogens is 475 g/mol. The fourth-order valence-corrected chi connectivity index (χ4v) is 2.69. The minimum Gasteiger partial charge on any atom is -0.356 e. The van der Waals surface area contributed by atoms with Gasteiger partial charge in [-0.05, 0) is 35.7 Å². The van der Waals surface area contributed by atoms with Crippen molar-refractivity contribution >= 4 is 41.5 Å². The van der Waals surface area contributed by atoms with Crippen molar-refractivity contribution in [2.45, 2.75) is 13.0 Å². The van der Waals surface area contributed by atoms with Crippen LogP contribution in [0, 0.1) is 0 Å². The van der Waals surface area contributed by atoms with Gasteiger partial charge in [-0.1, -0.05) is 35.9 Å². The van der Waals surface area contributed by atoms with E-state index in [2.05, 4.69) is 31.8 Å². The molecular formula is C19H22ClIN6. The Labute approximate surface area is 181 Å². The Bertz CT molecular complexity index is 849. The average Bonchev–Trinajstić information content (AvgIpc) is 3.21. The van der Waals surface area contributed by atoms with Crippen LogP contribution in [-0.4, -0.2) is 34.3 Å². The number of aliphatic imine (C=N–C) groups is 1. The highest BCUT2D eigenvalue weighted by Gasteiger charge is 2.05. The molecule has 0 saturated heterocycles. The fourth-order valence-electron chi connectivity index (χ4n) is 2.57. The first-order valence-electron chi connectivity index (χ1n) is 8.39. The second kappa shape index (κ2) is 10.9. The molecule has 0 unspecified atom stereocenters. The number of benzene rings is 1. The van der Waals surface area contributed by atoms with Gasteiger partial charge in [0.1, 0.15) is 5.15 Å². The highest BCUT2D eigenvalue weighted by molar-refractivity contribution is 14.0. The summed E-state index contributed by atoms with van der Waals surface area (Å²) in [7, 11) is 1.76. The number of nitrogens with zero attached hydrogens (tertiary/aromatic N) is 4. The number of para-hydroxylation sites is 1. The molecule has 2 N–H and O–H groups in total. The molecule has 2 heterocycles. The number of nitrogens with one attached hydrogen (secondary N) is 2. The molecule has 3 rings (SSSR count). The van der Waals surface area contributed by atoms with Crippen molar-refractivity contribution < 1.29 is 0 Å². The Kier molecular flexibility index (Phi) is 8.53. The van der Waals surface area contributed by atoms with Crippen LogP contribution in [0.1, 0.15) is 11.1 Å². The zero-order valence-electron chi connectivity index (χ0n) is 15.0. The highest BCUT2D eigenvalue weighted by Crippen LogP contribution is 2.13. The van der Waals surface area contributed by atoms with Gasteiger partial charge in [0.2, 0.25) is 0 Å². The number of hydrogen-bond donors (Lipinski definition) is 2. The van der Waals surface area contributed by atoms with Gasteiger partial charge in [0.05, 0.1) is 5.69 Å². The lowest BCUT2D eigenvalue weighted by molar-refractivity contribution is 0.782. The van der Waals surface area contributed by atoms with E-state index >= 15 is 0 Å². The monoisotopic (exact) mass is 496 g/mol. The number of halogens is 2. The van der Waals surface area contributed by atoms with Gasteiger partial charge in [0, 0.05) is 38.7 Å². The quantitative estimate of drug-likeness (QED) is 0.237. The summed E-state index contributed by atoms with van der Waals surface area (Å²) in [6, 6.07) is 13.9. The van der Waals surface area contributed by atoms with Crippen molar-refractivity contribution in [3.05, 3.63) is 77.3 Å². The smallest absolute Gasteiger partial charge is 0.191 e. The first-order valence-corrected chi connectivity index (χ1v) is 8.77. The maximum Gasteiger partial charge on any atom is 0.191 e. The van der Waals surface area contributed by atoms with E-state index in [1.54, 1.807) is 25.5 Å². The van der Waals surface area contributed by atoms with Gasteiger partial charge in [-0.2, -0.15) is 5.10 Å². The van der Waals surface area contributed by atoms with Gasteiger partial charge in [0.15, 0.2) is 5.96 Å². The molecule has 6 nitrogen and oxygen atoms in total. The molecule has 0 amide bonds. The summed E-state index contributed by atoms with van der Waals surface area (Å²) in [5.74, 6) is 0.752. The van der Waals surface area contributed by atoms with Crippen molar-refractivity contribution in [3.8, 4) is 5.69 Å². The molecule has 8 heteroatoms. The summed E-state index contributed by atoms with van der Waals surface area (Å²) < 4.78 is 1.86. The molecule has 0 fully saturated rings. The zero-order chi connectivity index (χ0) is 18.2. The van der Waals surface area contributed by atoms with Gasteiger partial charge >= 0.3 is 0 Å². The topological polar surface area (TPSA) is 67.1 Å². The van der Waals surface area contributed by atoms with E-state index in [0.29, 0.717) is 11.7 Å². The predicted molar refractivity (Wildman–Crippen MR) is 120 cm³/mol. The number of aromatic nitrogens is 3. The summed E-state index contributed by atoms with van der Waals surface area (Å²) in [6.45, 7) is 1.40. The Morgan fingerprint density at radius 1 is 1.15 bits per heavy atom. The number of guanidine groups is 1. The third-order valence-corrected chi connectivity index (χ3v) is 4.13. The van der Waals surface area contributed by atoms with Crippen molar-refractivity contribution in [2.75, 3.05) is 13.6 Å². The first kappa shape index (κ1) is 21.2. The number of pyridine rings is 1. The summed E-state index contributed by atoms with van der Waals surface area (Å²) >= 11 is 5.81. The van der Waals surface area contributed by atoms with Crippen molar-refractivity contribution in [1.82, 2.24) is 25.4 Å². The maximum atomic E-state index is 5.81. The normalized spacial score (nSPS) is 11.0. The zero-order valence-corrected chi connectivity index (χ0v) is 18.1. The average molecular weight is 497 g/mol. The van der Waals surface area contributed by atoms with Crippen molar-refractivity contribution in [1.29, 1.82) is 0 Å². The summed E-state index contributed by atoms with van der Waals surface area (Å²) in [5, 5.41) is 11.5. The third kappa shape index (κ3) is 6.21. The van der Waals surface area contributed by atoms with Crippen molar-refractivity contribution in [2.24, 2.45) is 4.99 Å². The Morgan fingerprint density at radius 3 is 2.70 bits per heavy atom.